The summed E-state index contributed by atoms with van der Waals surface area (Å²) in [5, 5.41) is 8.34. The van der Waals surface area contributed by atoms with Gasteiger partial charge in [0.15, 0.2) is 0 Å². The van der Waals surface area contributed by atoms with Gasteiger partial charge in [-0.25, -0.2) is 4.99 Å². The Balaban J connectivity index is 2.37. The molecule has 0 aromatic carbocycles. The number of carbonyl (C=O) groups is 1. The Labute approximate surface area is 58.5 Å². The summed E-state index contributed by atoms with van der Waals surface area (Å²) < 4.78 is 0. The normalized spacial score (nSPS) is 15.8. The minimum absolute atomic E-state index is 0.0217. The number of aliphatic carboxylic acids is 1. The third kappa shape index (κ3) is 1.89. The Hall–Kier alpha value is -1.32. The molecule has 1 N–H and O–H groups in total. The van der Waals surface area contributed by atoms with Crippen molar-refractivity contribution < 1.29 is 9.90 Å². The van der Waals surface area contributed by atoms with Crippen molar-refractivity contribution in [3.8, 4) is 0 Å². The minimum Gasteiger partial charge on any atom is -0.480 e. The summed E-state index contributed by atoms with van der Waals surface area (Å²) in [5.74, 6) is -0.832. The van der Waals surface area contributed by atoms with E-state index in [0.717, 1.165) is 0 Å². The molecule has 1 rings (SSSR count). The predicted molar refractivity (Wildman–Crippen MR) is 36.8 cm³/mol. The first-order valence-electron chi connectivity index (χ1n) is 2.93. The minimum atomic E-state index is -0.832. The van der Waals surface area contributed by atoms with E-state index in [2.05, 4.69) is 4.99 Å². The van der Waals surface area contributed by atoms with Crippen LogP contribution in [-0.4, -0.2) is 35.4 Å². The Morgan fingerprint density at radius 2 is 2.60 bits per heavy atom. The van der Waals surface area contributed by atoms with Gasteiger partial charge in [0, 0.05) is 12.7 Å². The first-order chi connectivity index (χ1) is 4.79. The highest BCUT2D eigenvalue weighted by Crippen LogP contribution is 1.91. The molecule has 0 saturated carbocycles. The van der Waals surface area contributed by atoms with Crippen molar-refractivity contribution in [1.82, 2.24) is 4.90 Å². The SMILES string of the molecule is O=C(O)CN1C=NC=CC1. The van der Waals surface area contributed by atoms with Gasteiger partial charge in [0.25, 0.3) is 0 Å². The number of hydrogen-bond acceptors (Lipinski definition) is 3. The van der Waals surface area contributed by atoms with Crippen molar-refractivity contribution in [3.63, 3.8) is 0 Å². The van der Waals surface area contributed by atoms with Gasteiger partial charge in [-0.3, -0.25) is 4.79 Å². The monoisotopic (exact) mass is 140 g/mol. The molecule has 0 aromatic rings. The highest BCUT2D eigenvalue weighted by molar-refractivity contribution is 5.73. The number of carboxylic acids is 1. The van der Waals surface area contributed by atoms with Gasteiger partial charge in [0.1, 0.15) is 6.54 Å². The van der Waals surface area contributed by atoms with Crippen LogP contribution in [0.15, 0.2) is 17.3 Å². The molecule has 0 radical (unpaired) electrons. The molecule has 0 saturated heterocycles. The van der Waals surface area contributed by atoms with E-state index in [9.17, 15) is 4.79 Å². The summed E-state index contributed by atoms with van der Waals surface area (Å²) in [6.45, 7) is 0.656. The first kappa shape index (κ1) is 6.80. The van der Waals surface area contributed by atoms with Crippen LogP contribution in [0.4, 0.5) is 0 Å². The van der Waals surface area contributed by atoms with E-state index in [-0.39, 0.29) is 6.54 Å². The third-order valence-corrected chi connectivity index (χ3v) is 1.10. The number of carboxylic acid groups (broad SMARTS) is 1. The molecule has 1 aliphatic heterocycles. The Morgan fingerprint density at radius 3 is 3.10 bits per heavy atom. The molecule has 1 heterocycles. The summed E-state index contributed by atoms with van der Waals surface area (Å²) in [4.78, 5) is 15.5. The fourth-order valence-corrected chi connectivity index (χ4v) is 0.702. The zero-order chi connectivity index (χ0) is 7.40. The molecule has 4 heteroatoms. The second kappa shape index (κ2) is 3.00. The third-order valence-electron chi connectivity index (χ3n) is 1.10. The van der Waals surface area contributed by atoms with Gasteiger partial charge in [-0.1, -0.05) is 0 Å². The highest BCUT2D eigenvalue weighted by atomic mass is 16.4. The molecule has 0 amide bonds. The van der Waals surface area contributed by atoms with E-state index in [4.69, 9.17) is 5.11 Å². The smallest absolute Gasteiger partial charge is 0.323 e. The van der Waals surface area contributed by atoms with Gasteiger partial charge in [-0.15, -0.1) is 0 Å². The molecule has 4 nitrogen and oxygen atoms in total. The van der Waals surface area contributed by atoms with Crippen LogP contribution in [0.3, 0.4) is 0 Å². The van der Waals surface area contributed by atoms with Crippen LogP contribution >= 0.6 is 0 Å². The van der Waals surface area contributed by atoms with Crippen LogP contribution in [0.5, 0.6) is 0 Å². The Bertz CT molecular complexity index is 186. The maximum absolute atomic E-state index is 10.1. The van der Waals surface area contributed by atoms with Crippen molar-refractivity contribution in [1.29, 1.82) is 0 Å². The molecule has 0 spiro atoms. The molecule has 0 unspecified atom stereocenters. The topological polar surface area (TPSA) is 52.9 Å². The molecule has 1 aliphatic rings. The van der Waals surface area contributed by atoms with E-state index in [1.165, 1.54) is 6.34 Å². The van der Waals surface area contributed by atoms with Crippen LogP contribution in [0.1, 0.15) is 0 Å². The quantitative estimate of drug-likeness (QED) is 0.584. The standard InChI is InChI=1S/C6H8N2O2/c9-6(10)4-8-3-1-2-7-5-8/h1-2,5H,3-4H2,(H,9,10). The molecule has 0 fully saturated rings. The molecule has 0 atom stereocenters. The van der Waals surface area contributed by atoms with E-state index in [1.807, 2.05) is 6.08 Å². The van der Waals surface area contributed by atoms with E-state index >= 15 is 0 Å². The van der Waals surface area contributed by atoms with Gasteiger partial charge >= 0.3 is 5.97 Å². The molecule has 10 heavy (non-hydrogen) atoms. The summed E-state index contributed by atoms with van der Waals surface area (Å²) in [6.07, 6.45) is 4.98. The van der Waals surface area contributed by atoms with Crippen molar-refractivity contribution >= 4 is 12.3 Å². The maximum Gasteiger partial charge on any atom is 0.323 e. The van der Waals surface area contributed by atoms with Crippen molar-refractivity contribution in [2.24, 2.45) is 4.99 Å². The molecule has 54 valence electrons. The number of hydrogen-bond donors (Lipinski definition) is 1. The molecule has 0 aromatic heterocycles. The van der Waals surface area contributed by atoms with Crippen LogP contribution in [0.25, 0.3) is 0 Å². The average Bonchev–Trinajstić information content (AvgIpc) is 1.88. The van der Waals surface area contributed by atoms with Crippen molar-refractivity contribution in [3.05, 3.63) is 12.3 Å². The van der Waals surface area contributed by atoms with Crippen LogP contribution < -0.4 is 0 Å². The number of rotatable bonds is 2. The average molecular weight is 140 g/mol. The lowest BCUT2D eigenvalue weighted by Crippen LogP contribution is -2.29. The molecule has 0 aliphatic carbocycles. The second-order valence-corrected chi connectivity index (χ2v) is 1.97. The van der Waals surface area contributed by atoms with Gasteiger partial charge in [-0.2, -0.15) is 0 Å². The van der Waals surface area contributed by atoms with Gasteiger partial charge < -0.3 is 10.0 Å². The molecular weight excluding hydrogens is 132 g/mol. The fourth-order valence-electron chi connectivity index (χ4n) is 0.702. The Kier molecular flexibility index (Phi) is 2.04. The number of aliphatic imine (C=N–C) groups is 1. The van der Waals surface area contributed by atoms with Crippen LogP contribution in [0.2, 0.25) is 0 Å². The van der Waals surface area contributed by atoms with E-state index in [1.54, 1.807) is 11.1 Å². The lowest BCUT2D eigenvalue weighted by atomic mass is 10.4. The zero-order valence-electron chi connectivity index (χ0n) is 5.40. The van der Waals surface area contributed by atoms with Gasteiger partial charge in [0.2, 0.25) is 0 Å². The van der Waals surface area contributed by atoms with Crippen molar-refractivity contribution in [2.75, 3.05) is 13.1 Å². The van der Waals surface area contributed by atoms with Gasteiger partial charge in [0.05, 0.1) is 6.34 Å². The lowest BCUT2D eigenvalue weighted by molar-refractivity contribution is -0.137. The highest BCUT2D eigenvalue weighted by Gasteiger charge is 2.04. The summed E-state index contributed by atoms with van der Waals surface area (Å²) >= 11 is 0. The van der Waals surface area contributed by atoms with Crippen molar-refractivity contribution in [2.45, 2.75) is 0 Å². The zero-order valence-corrected chi connectivity index (χ0v) is 5.40. The summed E-state index contributed by atoms with van der Waals surface area (Å²) in [6, 6.07) is 0. The summed E-state index contributed by atoms with van der Waals surface area (Å²) in [5.41, 5.74) is 0. The lowest BCUT2D eigenvalue weighted by Gasteiger charge is -2.15. The van der Waals surface area contributed by atoms with E-state index < -0.39 is 5.97 Å². The molecule has 0 bridgehead atoms. The second-order valence-electron chi connectivity index (χ2n) is 1.97. The fraction of sp³-hybridized carbons (Fsp3) is 0.333. The van der Waals surface area contributed by atoms with Gasteiger partial charge in [-0.05, 0) is 6.08 Å². The summed E-state index contributed by atoms with van der Waals surface area (Å²) in [7, 11) is 0. The number of nitrogens with zero attached hydrogens (tertiary/aromatic N) is 2. The van der Waals surface area contributed by atoms with Crippen LogP contribution in [0, 0.1) is 0 Å². The predicted octanol–water partition coefficient (Wildman–Crippen LogP) is -0.0714. The van der Waals surface area contributed by atoms with E-state index in [0.29, 0.717) is 6.54 Å². The Morgan fingerprint density at radius 1 is 1.80 bits per heavy atom. The first-order valence-corrected chi connectivity index (χ1v) is 2.93. The van der Waals surface area contributed by atoms with Crippen LogP contribution in [-0.2, 0) is 4.79 Å². The largest absolute Gasteiger partial charge is 0.480 e. The maximum atomic E-state index is 10.1. The molecular formula is C6H8N2O2.